The van der Waals surface area contributed by atoms with Gasteiger partial charge in [-0.25, -0.2) is 0 Å². The Morgan fingerprint density at radius 1 is 1.17 bits per heavy atom. The molecule has 2 aromatic rings. The first-order valence-corrected chi connectivity index (χ1v) is 7.80. The number of hydrogen-bond donors (Lipinski definition) is 2. The van der Waals surface area contributed by atoms with Gasteiger partial charge >= 0.3 is 0 Å². The fourth-order valence-corrected chi connectivity index (χ4v) is 2.49. The van der Waals surface area contributed by atoms with E-state index in [9.17, 15) is 9.90 Å². The van der Waals surface area contributed by atoms with Gasteiger partial charge in [0.2, 0.25) is 0 Å². The Hall–Kier alpha value is -1.88. The zero-order valence-corrected chi connectivity index (χ0v) is 14.0. The summed E-state index contributed by atoms with van der Waals surface area (Å²) in [6, 6.07) is 14.7. The summed E-state index contributed by atoms with van der Waals surface area (Å²) in [5.74, 6) is -0.0944. The highest BCUT2D eigenvalue weighted by Gasteiger charge is 2.11. The largest absolute Gasteiger partial charge is 0.387 e. The lowest BCUT2D eigenvalue weighted by molar-refractivity contribution is 0.0963. The van der Waals surface area contributed by atoms with E-state index < -0.39 is 6.10 Å². The van der Waals surface area contributed by atoms with Crippen LogP contribution in [-0.4, -0.2) is 36.6 Å². The molecule has 4 nitrogen and oxygen atoms in total. The fraction of sp³-hybridized carbons (Fsp3) is 0.278. The third-order valence-corrected chi connectivity index (χ3v) is 3.89. The first-order chi connectivity index (χ1) is 11.0. The van der Waals surface area contributed by atoms with Gasteiger partial charge in [0.15, 0.2) is 0 Å². The monoisotopic (exact) mass is 332 g/mol. The molecule has 0 spiro atoms. The first kappa shape index (κ1) is 17.5. The highest BCUT2D eigenvalue weighted by atomic mass is 35.5. The minimum atomic E-state index is -0.567. The van der Waals surface area contributed by atoms with E-state index in [-0.39, 0.29) is 5.91 Å². The van der Waals surface area contributed by atoms with Crippen LogP contribution in [0.25, 0.3) is 0 Å². The molecule has 0 heterocycles. The third-order valence-electron chi connectivity index (χ3n) is 3.64. The van der Waals surface area contributed by atoms with Crippen LogP contribution in [0, 0.1) is 0 Å². The Labute approximate surface area is 141 Å². The van der Waals surface area contributed by atoms with Crippen LogP contribution in [0.2, 0.25) is 5.02 Å². The predicted molar refractivity (Wildman–Crippen MR) is 92.6 cm³/mol. The molecule has 23 heavy (non-hydrogen) atoms. The molecule has 1 atom stereocenters. The average molecular weight is 333 g/mol. The molecule has 2 aromatic carbocycles. The summed E-state index contributed by atoms with van der Waals surface area (Å²) in [5.41, 5.74) is 2.57. The van der Waals surface area contributed by atoms with Gasteiger partial charge in [-0.1, -0.05) is 35.9 Å². The molecule has 2 rings (SSSR count). The summed E-state index contributed by atoms with van der Waals surface area (Å²) >= 11 is 5.85. The van der Waals surface area contributed by atoms with Gasteiger partial charge in [-0.15, -0.1) is 0 Å². The van der Waals surface area contributed by atoms with Crippen LogP contribution in [0.5, 0.6) is 0 Å². The van der Waals surface area contributed by atoms with Crippen molar-refractivity contribution in [2.24, 2.45) is 0 Å². The van der Waals surface area contributed by atoms with Crippen LogP contribution in [0.4, 0.5) is 0 Å². The lowest BCUT2D eigenvalue weighted by Crippen LogP contribution is -2.24. The minimum absolute atomic E-state index is 0.0944. The highest BCUT2D eigenvalue weighted by molar-refractivity contribution is 6.30. The fourth-order valence-electron chi connectivity index (χ4n) is 2.37. The van der Waals surface area contributed by atoms with Crippen LogP contribution < -0.4 is 5.32 Å². The zero-order chi connectivity index (χ0) is 16.8. The van der Waals surface area contributed by atoms with E-state index in [4.69, 9.17) is 11.6 Å². The van der Waals surface area contributed by atoms with E-state index in [2.05, 4.69) is 5.32 Å². The van der Waals surface area contributed by atoms with E-state index in [0.29, 0.717) is 23.7 Å². The van der Waals surface area contributed by atoms with Gasteiger partial charge in [-0.2, -0.15) is 0 Å². The number of amides is 1. The summed E-state index contributed by atoms with van der Waals surface area (Å²) < 4.78 is 0. The smallest absolute Gasteiger partial charge is 0.251 e. The normalized spacial score (nSPS) is 12.2. The average Bonchev–Trinajstić information content (AvgIpc) is 2.55. The maximum absolute atomic E-state index is 11.5. The van der Waals surface area contributed by atoms with Crippen molar-refractivity contribution in [2.45, 2.75) is 12.6 Å². The van der Waals surface area contributed by atoms with Gasteiger partial charge in [0.1, 0.15) is 0 Å². The number of carbonyl (C=O) groups is 1. The quantitative estimate of drug-likeness (QED) is 0.855. The summed E-state index contributed by atoms with van der Waals surface area (Å²) in [5, 5.41) is 13.5. The van der Waals surface area contributed by atoms with Crippen molar-refractivity contribution in [1.29, 1.82) is 0 Å². The second kappa shape index (κ2) is 8.11. The Morgan fingerprint density at radius 2 is 1.78 bits per heavy atom. The number of hydrogen-bond acceptors (Lipinski definition) is 3. The van der Waals surface area contributed by atoms with Crippen molar-refractivity contribution < 1.29 is 9.90 Å². The number of rotatable bonds is 6. The molecule has 0 aliphatic rings. The molecule has 0 fully saturated rings. The molecular weight excluding hydrogens is 312 g/mol. The molecule has 5 heteroatoms. The van der Waals surface area contributed by atoms with Crippen LogP contribution in [-0.2, 0) is 6.54 Å². The number of nitrogens with zero attached hydrogens (tertiary/aromatic N) is 1. The third kappa shape index (κ3) is 5.06. The summed E-state index contributed by atoms with van der Waals surface area (Å²) in [6.07, 6.45) is -0.567. The zero-order valence-electron chi connectivity index (χ0n) is 13.3. The summed E-state index contributed by atoms with van der Waals surface area (Å²) in [6.45, 7) is 1.21. The Morgan fingerprint density at radius 3 is 2.35 bits per heavy atom. The Kier molecular flexibility index (Phi) is 6.16. The summed E-state index contributed by atoms with van der Waals surface area (Å²) in [7, 11) is 3.56. The topological polar surface area (TPSA) is 52.6 Å². The van der Waals surface area contributed by atoms with E-state index in [1.165, 1.54) is 0 Å². The van der Waals surface area contributed by atoms with Gasteiger partial charge < -0.3 is 10.4 Å². The molecule has 122 valence electrons. The highest BCUT2D eigenvalue weighted by Crippen LogP contribution is 2.18. The number of halogens is 1. The van der Waals surface area contributed by atoms with Gasteiger partial charge in [0.25, 0.3) is 5.91 Å². The van der Waals surface area contributed by atoms with Crippen molar-refractivity contribution >= 4 is 17.5 Å². The second-order valence-electron chi connectivity index (χ2n) is 5.54. The number of aliphatic hydroxyl groups is 1. The second-order valence-corrected chi connectivity index (χ2v) is 5.98. The molecule has 0 bridgehead atoms. The van der Waals surface area contributed by atoms with Crippen molar-refractivity contribution in [3.63, 3.8) is 0 Å². The van der Waals surface area contributed by atoms with Crippen molar-refractivity contribution in [1.82, 2.24) is 10.2 Å². The van der Waals surface area contributed by atoms with Gasteiger partial charge in [-0.05, 0) is 42.4 Å². The van der Waals surface area contributed by atoms with E-state index in [1.54, 1.807) is 31.3 Å². The number of benzene rings is 2. The lowest BCUT2D eigenvalue weighted by atomic mass is 10.1. The predicted octanol–water partition coefficient (Wildman–Crippen LogP) is 2.87. The first-order valence-electron chi connectivity index (χ1n) is 7.42. The van der Waals surface area contributed by atoms with Crippen molar-refractivity contribution in [3.05, 3.63) is 70.2 Å². The van der Waals surface area contributed by atoms with E-state index >= 15 is 0 Å². The molecule has 0 aliphatic carbocycles. The summed E-state index contributed by atoms with van der Waals surface area (Å²) in [4.78, 5) is 13.5. The molecule has 1 amide bonds. The molecule has 0 aromatic heterocycles. The number of nitrogens with one attached hydrogen (secondary N) is 1. The minimum Gasteiger partial charge on any atom is -0.387 e. The number of carbonyl (C=O) groups excluding carboxylic acids is 1. The van der Waals surface area contributed by atoms with Gasteiger partial charge in [-0.3, -0.25) is 9.69 Å². The molecular formula is C18H21ClN2O2. The number of likely N-dealkylation sites (N-methyl/N-ethyl adjacent to an activating group) is 1. The lowest BCUT2D eigenvalue weighted by Gasteiger charge is -2.21. The maximum atomic E-state index is 11.5. The van der Waals surface area contributed by atoms with Crippen molar-refractivity contribution in [3.8, 4) is 0 Å². The molecule has 0 saturated heterocycles. The van der Waals surface area contributed by atoms with E-state index in [0.717, 1.165) is 11.1 Å². The van der Waals surface area contributed by atoms with Crippen LogP contribution in [0.1, 0.15) is 27.6 Å². The van der Waals surface area contributed by atoms with Crippen molar-refractivity contribution in [2.75, 3.05) is 20.6 Å². The maximum Gasteiger partial charge on any atom is 0.251 e. The van der Waals surface area contributed by atoms with Gasteiger partial charge in [0.05, 0.1) is 6.10 Å². The van der Waals surface area contributed by atoms with E-state index in [1.807, 2.05) is 36.2 Å². The number of aliphatic hydroxyl groups excluding tert-OH is 1. The van der Waals surface area contributed by atoms with Gasteiger partial charge in [0, 0.05) is 30.7 Å². The van der Waals surface area contributed by atoms with Crippen LogP contribution in [0.15, 0.2) is 48.5 Å². The van der Waals surface area contributed by atoms with Crippen LogP contribution in [0.3, 0.4) is 0 Å². The van der Waals surface area contributed by atoms with Crippen LogP contribution >= 0.6 is 11.6 Å². The molecule has 2 N–H and O–H groups in total. The molecule has 0 unspecified atom stereocenters. The Bertz CT molecular complexity index is 641. The molecule has 0 saturated carbocycles. The standard InChI is InChI=1S/C18H21ClN2O2/c1-20-18(23)15-5-3-13(4-6-15)11-21(2)12-17(22)14-7-9-16(19)10-8-14/h3-10,17,22H,11-12H2,1-2H3,(H,20,23)/t17-/m0/s1. The SMILES string of the molecule is CNC(=O)c1ccc(CN(C)C[C@H](O)c2ccc(Cl)cc2)cc1. The Balaban J connectivity index is 1.92. The molecule has 0 aliphatic heterocycles. The molecule has 0 radical (unpaired) electrons.